The molecule has 0 heterocycles. The van der Waals surface area contributed by atoms with Crippen LogP contribution in [-0.2, 0) is 11.0 Å². The molecular weight excluding hydrogens is 321 g/mol. The normalized spacial score (nSPS) is 11.0. The minimum Gasteiger partial charge on any atom is -0.494 e. The van der Waals surface area contributed by atoms with Crippen molar-refractivity contribution in [3.8, 4) is 5.75 Å². The van der Waals surface area contributed by atoms with Crippen LogP contribution < -0.4 is 15.4 Å². The van der Waals surface area contributed by atoms with Gasteiger partial charge in [-0.1, -0.05) is 0 Å². The van der Waals surface area contributed by atoms with E-state index in [-0.39, 0.29) is 12.5 Å². The van der Waals surface area contributed by atoms with Crippen molar-refractivity contribution in [1.29, 1.82) is 0 Å². The zero-order valence-electron chi connectivity index (χ0n) is 13.0. The smallest absolute Gasteiger partial charge is 0.416 e. The Hall–Kier alpha value is -2.70. The second-order valence-electron chi connectivity index (χ2n) is 4.93. The van der Waals surface area contributed by atoms with Crippen molar-refractivity contribution < 1.29 is 22.7 Å². The summed E-state index contributed by atoms with van der Waals surface area (Å²) in [5, 5.41) is 5.45. The van der Waals surface area contributed by atoms with Crippen LogP contribution in [0, 0.1) is 0 Å². The van der Waals surface area contributed by atoms with Crippen molar-refractivity contribution in [2.45, 2.75) is 13.1 Å². The lowest BCUT2D eigenvalue weighted by Crippen LogP contribution is -2.21. The molecule has 24 heavy (non-hydrogen) atoms. The molecule has 1 amide bonds. The first-order valence-electron chi connectivity index (χ1n) is 7.32. The van der Waals surface area contributed by atoms with Gasteiger partial charge in [-0.25, -0.2) is 0 Å². The van der Waals surface area contributed by atoms with E-state index in [0.717, 1.165) is 23.6 Å². The predicted molar refractivity (Wildman–Crippen MR) is 86.2 cm³/mol. The number of ether oxygens (including phenoxy) is 1. The highest BCUT2D eigenvalue weighted by Crippen LogP contribution is 2.29. The maximum Gasteiger partial charge on any atom is 0.416 e. The van der Waals surface area contributed by atoms with Gasteiger partial charge in [0, 0.05) is 11.4 Å². The Labute approximate surface area is 137 Å². The lowest BCUT2D eigenvalue weighted by molar-refractivity contribution is -0.137. The summed E-state index contributed by atoms with van der Waals surface area (Å²) in [5.41, 5.74) is 0.288. The second-order valence-corrected chi connectivity index (χ2v) is 4.93. The molecule has 0 radical (unpaired) electrons. The van der Waals surface area contributed by atoms with Crippen LogP contribution in [0.1, 0.15) is 12.5 Å². The molecule has 0 bridgehead atoms. The van der Waals surface area contributed by atoms with Gasteiger partial charge in [0.2, 0.25) is 5.91 Å². The number of anilines is 2. The monoisotopic (exact) mass is 338 g/mol. The van der Waals surface area contributed by atoms with E-state index in [1.165, 1.54) is 12.1 Å². The maximum absolute atomic E-state index is 12.5. The number of hydrogen-bond acceptors (Lipinski definition) is 3. The lowest BCUT2D eigenvalue weighted by Gasteiger charge is -2.10. The molecule has 7 heteroatoms. The molecule has 0 unspecified atom stereocenters. The molecule has 0 atom stereocenters. The van der Waals surface area contributed by atoms with Crippen molar-refractivity contribution >= 4 is 17.3 Å². The Kier molecular flexibility index (Phi) is 5.68. The number of hydrogen-bond donors (Lipinski definition) is 2. The largest absolute Gasteiger partial charge is 0.494 e. The molecule has 2 rings (SSSR count). The molecule has 0 aromatic heterocycles. The molecule has 0 fully saturated rings. The molecule has 0 aliphatic carbocycles. The first kappa shape index (κ1) is 17.7. The van der Waals surface area contributed by atoms with E-state index in [1.807, 2.05) is 6.92 Å². The summed E-state index contributed by atoms with van der Waals surface area (Å²) in [7, 11) is 0. The van der Waals surface area contributed by atoms with Crippen LogP contribution in [0.3, 0.4) is 0 Å². The van der Waals surface area contributed by atoms with Crippen LogP contribution in [-0.4, -0.2) is 19.1 Å². The number of benzene rings is 2. The van der Waals surface area contributed by atoms with Gasteiger partial charge in [-0.2, -0.15) is 13.2 Å². The number of halogens is 3. The Morgan fingerprint density at radius 1 is 1.00 bits per heavy atom. The zero-order valence-corrected chi connectivity index (χ0v) is 13.0. The van der Waals surface area contributed by atoms with E-state index in [1.54, 1.807) is 24.3 Å². The van der Waals surface area contributed by atoms with Gasteiger partial charge in [0.1, 0.15) is 5.75 Å². The molecule has 2 aromatic rings. The first-order valence-corrected chi connectivity index (χ1v) is 7.32. The molecule has 0 saturated heterocycles. The fourth-order valence-corrected chi connectivity index (χ4v) is 1.97. The van der Waals surface area contributed by atoms with Crippen LogP contribution in [0.2, 0.25) is 0 Å². The predicted octanol–water partition coefficient (Wildman–Crippen LogP) is 4.15. The maximum atomic E-state index is 12.5. The van der Waals surface area contributed by atoms with E-state index in [9.17, 15) is 18.0 Å². The van der Waals surface area contributed by atoms with E-state index in [4.69, 9.17) is 4.74 Å². The van der Waals surface area contributed by atoms with Crippen molar-refractivity contribution in [2.75, 3.05) is 23.8 Å². The molecule has 0 spiro atoms. The number of carbonyl (C=O) groups is 1. The van der Waals surface area contributed by atoms with Crippen LogP contribution >= 0.6 is 0 Å². The van der Waals surface area contributed by atoms with Gasteiger partial charge in [-0.3, -0.25) is 4.79 Å². The molecule has 4 nitrogen and oxygen atoms in total. The van der Waals surface area contributed by atoms with E-state index >= 15 is 0 Å². The summed E-state index contributed by atoms with van der Waals surface area (Å²) < 4.78 is 42.7. The number of carbonyl (C=O) groups excluding carboxylic acids is 1. The standard InChI is InChI=1S/C17H17F3N2O2/c1-2-24-15-9-7-13(8-10-15)21-11-16(23)22-14-5-3-12(4-6-14)17(18,19)20/h3-10,21H,2,11H2,1H3,(H,22,23). The van der Waals surface area contributed by atoms with Gasteiger partial charge in [-0.15, -0.1) is 0 Å². The minimum absolute atomic E-state index is 0.00496. The molecular formula is C17H17F3N2O2. The Morgan fingerprint density at radius 2 is 1.58 bits per heavy atom. The van der Waals surface area contributed by atoms with Crippen LogP contribution in [0.4, 0.5) is 24.5 Å². The highest BCUT2D eigenvalue weighted by molar-refractivity contribution is 5.93. The van der Waals surface area contributed by atoms with Gasteiger partial charge >= 0.3 is 6.18 Å². The topological polar surface area (TPSA) is 50.4 Å². The van der Waals surface area contributed by atoms with E-state index in [2.05, 4.69) is 10.6 Å². The molecule has 0 saturated carbocycles. The molecule has 2 N–H and O–H groups in total. The SMILES string of the molecule is CCOc1ccc(NCC(=O)Nc2ccc(C(F)(F)F)cc2)cc1. The summed E-state index contributed by atoms with van der Waals surface area (Å²) in [6, 6.07) is 11.4. The third kappa shape index (κ3) is 5.19. The Bertz CT molecular complexity index is 668. The van der Waals surface area contributed by atoms with Gasteiger partial charge in [0.25, 0.3) is 0 Å². The first-order chi connectivity index (χ1) is 11.4. The second kappa shape index (κ2) is 7.72. The summed E-state index contributed by atoms with van der Waals surface area (Å²) in [5.74, 6) is 0.376. The Morgan fingerprint density at radius 3 is 2.12 bits per heavy atom. The third-order valence-electron chi connectivity index (χ3n) is 3.11. The quantitative estimate of drug-likeness (QED) is 0.832. The fourth-order valence-electron chi connectivity index (χ4n) is 1.97. The summed E-state index contributed by atoms with van der Waals surface area (Å²) >= 11 is 0. The summed E-state index contributed by atoms with van der Waals surface area (Å²) in [6.45, 7) is 2.45. The fraction of sp³-hybridized carbons (Fsp3) is 0.235. The molecule has 2 aromatic carbocycles. The van der Waals surface area contributed by atoms with Crippen molar-refractivity contribution in [2.24, 2.45) is 0 Å². The van der Waals surface area contributed by atoms with Crippen LogP contribution in [0.5, 0.6) is 5.75 Å². The molecule has 0 aliphatic rings. The number of amides is 1. The van der Waals surface area contributed by atoms with E-state index in [0.29, 0.717) is 12.3 Å². The van der Waals surface area contributed by atoms with Crippen LogP contribution in [0.15, 0.2) is 48.5 Å². The minimum atomic E-state index is -4.39. The average molecular weight is 338 g/mol. The van der Waals surface area contributed by atoms with Gasteiger partial charge < -0.3 is 15.4 Å². The van der Waals surface area contributed by atoms with Gasteiger partial charge in [-0.05, 0) is 55.5 Å². The molecule has 0 aliphatic heterocycles. The van der Waals surface area contributed by atoms with Gasteiger partial charge in [0.05, 0.1) is 18.7 Å². The number of alkyl halides is 3. The highest BCUT2D eigenvalue weighted by Gasteiger charge is 2.29. The van der Waals surface area contributed by atoms with Crippen molar-refractivity contribution in [3.05, 3.63) is 54.1 Å². The summed E-state index contributed by atoms with van der Waals surface area (Å²) in [4.78, 5) is 11.8. The average Bonchev–Trinajstić information content (AvgIpc) is 2.54. The van der Waals surface area contributed by atoms with E-state index < -0.39 is 11.7 Å². The third-order valence-corrected chi connectivity index (χ3v) is 3.11. The highest BCUT2D eigenvalue weighted by atomic mass is 19.4. The Balaban J connectivity index is 1.84. The van der Waals surface area contributed by atoms with Crippen molar-refractivity contribution in [3.63, 3.8) is 0 Å². The number of rotatable bonds is 6. The summed E-state index contributed by atoms with van der Waals surface area (Å²) in [6.07, 6.45) is -4.39. The molecule has 128 valence electrons. The van der Waals surface area contributed by atoms with Crippen molar-refractivity contribution in [1.82, 2.24) is 0 Å². The lowest BCUT2D eigenvalue weighted by atomic mass is 10.2. The number of nitrogens with one attached hydrogen (secondary N) is 2. The van der Waals surface area contributed by atoms with Gasteiger partial charge in [0.15, 0.2) is 0 Å². The zero-order chi connectivity index (χ0) is 17.6. The van der Waals surface area contributed by atoms with Crippen LogP contribution in [0.25, 0.3) is 0 Å².